The molecule has 1 N–H and O–H groups in total. The molecule has 1 aromatic carbocycles. The maximum Gasteiger partial charge on any atom is 0.127 e. The SMILES string of the molecule is CCCNC(CCc1cccnc1)c1ccccc1F. The van der Waals surface area contributed by atoms with E-state index in [0.29, 0.717) is 0 Å². The first-order valence-corrected chi connectivity index (χ1v) is 7.18. The van der Waals surface area contributed by atoms with Gasteiger partial charge in [0.05, 0.1) is 0 Å². The van der Waals surface area contributed by atoms with Gasteiger partial charge >= 0.3 is 0 Å². The number of rotatable bonds is 7. The zero-order chi connectivity index (χ0) is 14.2. The molecule has 0 aliphatic carbocycles. The fraction of sp³-hybridized carbons (Fsp3) is 0.353. The zero-order valence-electron chi connectivity index (χ0n) is 11.8. The summed E-state index contributed by atoms with van der Waals surface area (Å²) in [5, 5.41) is 3.44. The third-order valence-corrected chi connectivity index (χ3v) is 3.37. The third kappa shape index (κ3) is 4.14. The highest BCUT2D eigenvalue weighted by Crippen LogP contribution is 2.21. The van der Waals surface area contributed by atoms with Crippen LogP contribution in [0.2, 0.25) is 0 Å². The van der Waals surface area contributed by atoms with Crippen LogP contribution in [0.25, 0.3) is 0 Å². The Morgan fingerprint density at radius 3 is 2.75 bits per heavy atom. The van der Waals surface area contributed by atoms with Crippen LogP contribution in [0.5, 0.6) is 0 Å². The largest absolute Gasteiger partial charge is 0.310 e. The van der Waals surface area contributed by atoms with E-state index in [-0.39, 0.29) is 11.9 Å². The highest BCUT2D eigenvalue weighted by Gasteiger charge is 2.14. The standard InChI is InChI=1S/C17H21FN2/c1-2-11-20-17(15-7-3-4-8-16(15)18)10-9-14-6-5-12-19-13-14/h3-8,12-13,17,20H,2,9-11H2,1H3. The Bertz CT molecular complexity index is 513. The van der Waals surface area contributed by atoms with Gasteiger partial charge in [0, 0.05) is 24.0 Å². The summed E-state index contributed by atoms with van der Waals surface area (Å²) in [6.45, 7) is 3.01. The van der Waals surface area contributed by atoms with Crippen molar-refractivity contribution in [3.05, 3.63) is 65.7 Å². The van der Waals surface area contributed by atoms with Gasteiger partial charge in [-0.25, -0.2) is 4.39 Å². The van der Waals surface area contributed by atoms with Crippen molar-refractivity contribution >= 4 is 0 Å². The van der Waals surface area contributed by atoms with E-state index in [1.807, 2.05) is 24.4 Å². The van der Waals surface area contributed by atoms with E-state index in [4.69, 9.17) is 0 Å². The van der Waals surface area contributed by atoms with Crippen LogP contribution in [0.15, 0.2) is 48.8 Å². The second-order valence-electron chi connectivity index (χ2n) is 4.93. The lowest BCUT2D eigenvalue weighted by atomic mass is 9.99. The summed E-state index contributed by atoms with van der Waals surface area (Å²) >= 11 is 0. The van der Waals surface area contributed by atoms with Crippen LogP contribution < -0.4 is 5.32 Å². The molecule has 1 atom stereocenters. The molecule has 0 saturated heterocycles. The number of hydrogen-bond acceptors (Lipinski definition) is 2. The Morgan fingerprint density at radius 2 is 2.05 bits per heavy atom. The average molecular weight is 272 g/mol. The van der Waals surface area contributed by atoms with Crippen LogP contribution in [0.1, 0.15) is 36.9 Å². The first kappa shape index (κ1) is 14.7. The summed E-state index contributed by atoms with van der Waals surface area (Å²) in [4.78, 5) is 4.12. The Morgan fingerprint density at radius 1 is 1.20 bits per heavy atom. The molecule has 1 heterocycles. The summed E-state index contributed by atoms with van der Waals surface area (Å²) in [5.74, 6) is -0.132. The van der Waals surface area contributed by atoms with E-state index >= 15 is 0 Å². The molecule has 0 bridgehead atoms. The van der Waals surface area contributed by atoms with Crippen molar-refractivity contribution in [1.29, 1.82) is 0 Å². The lowest BCUT2D eigenvalue weighted by Crippen LogP contribution is -2.23. The monoisotopic (exact) mass is 272 g/mol. The van der Waals surface area contributed by atoms with Gasteiger partial charge in [0.1, 0.15) is 5.82 Å². The molecule has 2 aromatic rings. The molecule has 1 unspecified atom stereocenters. The van der Waals surface area contributed by atoms with E-state index in [0.717, 1.165) is 31.4 Å². The molecule has 0 aliphatic heterocycles. The number of hydrogen-bond donors (Lipinski definition) is 1. The van der Waals surface area contributed by atoms with Gasteiger partial charge < -0.3 is 5.32 Å². The number of nitrogens with one attached hydrogen (secondary N) is 1. The number of nitrogens with zero attached hydrogens (tertiary/aromatic N) is 1. The topological polar surface area (TPSA) is 24.9 Å². The van der Waals surface area contributed by atoms with Crippen LogP contribution in [0.3, 0.4) is 0 Å². The fourth-order valence-electron chi connectivity index (χ4n) is 2.30. The van der Waals surface area contributed by atoms with Gasteiger partial charge in [0.15, 0.2) is 0 Å². The Hall–Kier alpha value is -1.74. The molecular weight excluding hydrogens is 251 g/mol. The van der Waals surface area contributed by atoms with Crippen LogP contribution >= 0.6 is 0 Å². The summed E-state index contributed by atoms with van der Waals surface area (Å²) in [7, 11) is 0. The van der Waals surface area contributed by atoms with Gasteiger partial charge in [0.2, 0.25) is 0 Å². The highest BCUT2D eigenvalue weighted by atomic mass is 19.1. The molecule has 0 amide bonds. The van der Waals surface area contributed by atoms with Gasteiger partial charge in [-0.05, 0) is 43.5 Å². The van der Waals surface area contributed by atoms with E-state index in [1.54, 1.807) is 12.3 Å². The van der Waals surface area contributed by atoms with Crippen molar-refractivity contribution in [1.82, 2.24) is 10.3 Å². The molecule has 2 nitrogen and oxygen atoms in total. The minimum absolute atomic E-state index is 0.0522. The van der Waals surface area contributed by atoms with Crippen molar-refractivity contribution in [3.63, 3.8) is 0 Å². The van der Waals surface area contributed by atoms with Crippen LogP contribution in [-0.4, -0.2) is 11.5 Å². The molecule has 0 radical (unpaired) electrons. The number of halogens is 1. The molecule has 0 saturated carbocycles. The number of aryl methyl sites for hydroxylation is 1. The summed E-state index contributed by atoms with van der Waals surface area (Å²) < 4.78 is 13.9. The predicted molar refractivity (Wildman–Crippen MR) is 80.0 cm³/mol. The normalized spacial score (nSPS) is 12.3. The molecule has 2 rings (SSSR count). The van der Waals surface area contributed by atoms with Crippen LogP contribution in [0.4, 0.5) is 4.39 Å². The molecule has 0 spiro atoms. The third-order valence-electron chi connectivity index (χ3n) is 3.37. The molecule has 3 heteroatoms. The second-order valence-corrected chi connectivity index (χ2v) is 4.93. The number of pyridine rings is 1. The molecule has 20 heavy (non-hydrogen) atoms. The first-order valence-electron chi connectivity index (χ1n) is 7.18. The molecular formula is C17H21FN2. The minimum atomic E-state index is -0.132. The fourth-order valence-corrected chi connectivity index (χ4v) is 2.30. The van der Waals surface area contributed by atoms with Crippen molar-refractivity contribution in [2.45, 2.75) is 32.2 Å². The van der Waals surface area contributed by atoms with E-state index < -0.39 is 0 Å². The predicted octanol–water partition coefficient (Wildman–Crippen LogP) is 3.89. The molecule has 0 fully saturated rings. The van der Waals surface area contributed by atoms with E-state index in [9.17, 15) is 4.39 Å². The molecule has 1 aromatic heterocycles. The van der Waals surface area contributed by atoms with Crippen molar-refractivity contribution < 1.29 is 4.39 Å². The number of aromatic nitrogens is 1. The summed E-state index contributed by atoms with van der Waals surface area (Å²) in [6.07, 6.45) is 6.44. The second kappa shape index (κ2) is 7.75. The van der Waals surface area contributed by atoms with E-state index in [2.05, 4.69) is 23.3 Å². The van der Waals surface area contributed by atoms with Crippen molar-refractivity contribution in [3.8, 4) is 0 Å². The summed E-state index contributed by atoms with van der Waals surface area (Å²) in [6, 6.07) is 11.1. The van der Waals surface area contributed by atoms with Crippen molar-refractivity contribution in [2.75, 3.05) is 6.54 Å². The van der Waals surface area contributed by atoms with Gasteiger partial charge in [-0.1, -0.05) is 31.2 Å². The lowest BCUT2D eigenvalue weighted by molar-refractivity contribution is 0.473. The van der Waals surface area contributed by atoms with Gasteiger partial charge in [0.25, 0.3) is 0 Å². The smallest absolute Gasteiger partial charge is 0.127 e. The van der Waals surface area contributed by atoms with E-state index in [1.165, 1.54) is 11.6 Å². The Balaban J connectivity index is 2.06. The van der Waals surface area contributed by atoms with Crippen LogP contribution in [-0.2, 0) is 6.42 Å². The van der Waals surface area contributed by atoms with Gasteiger partial charge in [-0.15, -0.1) is 0 Å². The van der Waals surface area contributed by atoms with Crippen molar-refractivity contribution in [2.24, 2.45) is 0 Å². The highest BCUT2D eigenvalue weighted by molar-refractivity contribution is 5.22. The van der Waals surface area contributed by atoms with Gasteiger partial charge in [-0.2, -0.15) is 0 Å². The first-order chi connectivity index (χ1) is 9.81. The quantitative estimate of drug-likeness (QED) is 0.827. The summed E-state index contributed by atoms with van der Waals surface area (Å²) in [5.41, 5.74) is 1.94. The Kier molecular flexibility index (Phi) is 5.69. The number of benzene rings is 1. The van der Waals surface area contributed by atoms with Crippen LogP contribution in [0, 0.1) is 5.82 Å². The maximum atomic E-state index is 13.9. The minimum Gasteiger partial charge on any atom is -0.310 e. The molecule has 106 valence electrons. The lowest BCUT2D eigenvalue weighted by Gasteiger charge is -2.19. The Labute approximate surface area is 120 Å². The van der Waals surface area contributed by atoms with Gasteiger partial charge in [-0.3, -0.25) is 4.98 Å². The average Bonchev–Trinajstić information content (AvgIpc) is 2.49. The maximum absolute atomic E-state index is 13.9. The zero-order valence-corrected chi connectivity index (χ0v) is 11.8. The molecule has 0 aliphatic rings.